The number of hydrogen-bond donors (Lipinski definition) is 1. The van der Waals surface area contributed by atoms with E-state index < -0.39 is 5.97 Å². The Balaban J connectivity index is 2.20. The summed E-state index contributed by atoms with van der Waals surface area (Å²) in [5.74, 6) is -0.470. The number of rotatable bonds is 3. The Kier molecular flexibility index (Phi) is 2.90. The second kappa shape index (κ2) is 4.35. The standard InChI is InChI=1S/C12H12O4/c13-11-3-1-2-8-4-5-9(6-10(8)11)16-7-12(14)15/h4-6H,1-3,7H2,(H,14,15). The average Bonchev–Trinajstić information content (AvgIpc) is 2.27. The molecule has 0 aromatic heterocycles. The lowest BCUT2D eigenvalue weighted by Crippen LogP contribution is -2.13. The smallest absolute Gasteiger partial charge is 0.341 e. The maximum absolute atomic E-state index is 11.6. The van der Waals surface area contributed by atoms with Crippen LogP contribution in [0.2, 0.25) is 0 Å². The summed E-state index contributed by atoms with van der Waals surface area (Å²) in [5, 5.41) is 8.47. The Morgan fingerprint density at radius 2 is 2.19 bits per heavy atom. The van der Waals surface area contributed by atoms with E-state index in [1.165, 1.54) is 0 Å². The van der Waals surface area contributed by atoms with Gasteiger partial charge in [0.25, 0.3) is 0 Å². The zero-order chi connectivity index (χ0) is 11.5. The molecule has 4 nitrogen and oxygen atoms in total. The summed E-state index contributed by atoms with van der Waals surface area (Å²) in [4.78, 5) is 21.9. The summed E-state index contributed by atoms with van der Waals surface area (Å²) >= 11 is 0. The molecule has 0 unspecified atom stereocenters. The van der Waals surface area contributed by atoms with Crippen molar-refractivity contribution in [3.63, 3.8) is 0 Å². The molecule has 0 aliphatic heterocycles. The van der Waals surface area contributed by atoms with Crippen LogP contribution in [0, 0.1) is 0 Å². The second-order valence-electron chi connectivity index (χ2n) is 3.78. The summed E-state index contributed by atoms with van der Waals surface area (Å²) in [6.07, 6.45) is 2.36. The molecule has 1 aliphatic rings. The summed E-state index contributed by atoms with van der Waals surface area (Å²) in [5.41, 5.74) is 1.70. The molecule has 0 heterocycles. The van der Waals surface area contributed by atoms with Crippen molar-refractivity contribution in [1.29, 1.82) is 0 Å². The number of aryl methyl sites for hydroxylation is 1. The van der Waals surface area contributed by atoms with Crippen LogP contribution in [-0.2, 0) is 11.2 Å². The number of hydrogen-bond acceptors (Lipinski definition) is 3. The molecule has 4 heteroatoms. The minimum Gasteiger partial charge on any atom is -0.482 e. The van der Waals surface area contributed by atoms with Gasteiger partial charge in [-0.1, -0.05) is 6.07 Å². The number of aliphatic carboxylic acids is 1. The summed E-state index contributed by atoms with van der Waals surface area (Å²) in [6, 6.07) is 5.18. The molecular weight excluding hydrogens is 208 g/mol. The summed E-state index contributed by atoms with van der Waals surface area (Å²) in [6.45, 7) is -0.382. The highest BCUT2D eigenvalue weighted by atomic mass is 16.5. The van der Waals surface area contributed by atoms with Crippen molar-refractivity contribution in [3.8, 4) is 5.75 Å². The summed E-state index contributed by atoms with van der Waals surface area (Å²) in [7, 11) is 0. The molecule has 0 spiro atoms. The molecule has 0 bridgehead atoms. The first-order valence-corrected chi connectivity index (χ1v) is 5.17. The number of ether oxygens (including phenoxy) is 1. The Labute approximate surface area is 92.8 Å². The third-order valence-corrected chi connectivity index (χ3v) is 2.59. The Bertz CT molecular complexity index is 437. The topological polar surface area (TPSA) is 63.6 Å². The highest BCUT2D eigenvalue weighted by Gasteiger charge is 2.17. The van der Waals surface area contributed by atoms with Gasteiger partial charge in [-0.15, -0.1) is 0 Å². The van der Waals surface area contributed by atoms with E-state index in [9.17, 15) is 9.59 Å². The van der Waals surface area contributed by atoms with E-state index in [0.717, 1.165) is 18.4 Å². The fraction of sp³-hybridized carbons (Fsp3) is 0.333. The van der Waals surface area contributed by atoms with Gasteiger partial charge in [0.1, 0.15) is 5.75 Å². The van der Waals surface area contributed by atoms with E-state index in [4.69, 9.17) is 9.84 Å². The molecular formula is C12H12O4. The molecule has 0 saturated carbocycles. The van der Waals surface area contributed by atoms with Crippen LogP contribution in [0.5, 0.6) is 5.75 Å². The first-order chi connectivity index (χ1) is 7.66. The summed E-state index contributed by atoms with van der Waals surface area (Å²) < 4.78 is 5.03. The number of ketones is 1. The molecule has 0 fully saturated rings. The van der Waals surface area contributed by atoms with Gasteiger partial charge in [0.2, 0.25) is 0 Å². The van der Waals surface area contributed by atoms with Crippen molar-refractivity contribution in [1.82, 2.24) is 0 Å². The molecule has 1 N–H and O–H groups in total. The zero-order valence-electron chi connectivity index (χ0n) is 8.73. The van der Waals surface area contributed by atoms with Gasteiger partial charge in [0.05, 0.1) is 0 Å². The first kappa shape index (κ1) is 10.7. The van der Waals surface area contributed by atoms with E-state index in [0.29, 0.717) is 17.7 Å². The highest BCUT2D eigenvalue weighted by Crippen LogP contribution is 2.25. The third-order valence-electron chi connectivity index (χ3n) is 2.59. The van der Waals surface area contributed by atoms with E-state index in [1.54, 1.807) is 12.1 Å². The maximum Gasteiger partial charge on any atom is 0.341 e. The van der Waals surface area contributed by atoms with Crippen LogP contribution in [0.15, 0.2) is 18.2 Å². The van der Waals surface area contributed by atoms with Gasteiger partial charge in [0, 0.05) is 12.0 Å². The number of benzene rings is 1. The number of carbonyl (C=O) groups excluding carboxylic acids is 1. The fourth-order valence-corrected chi connectivity index (χ4v) is 1.84. The van der Waals surface area contributed by atoms with Crippen molar-refractivity contribution in [2.75, 3.05) is 6.61 Å². The molecule has 1 aliphatic carbocycles. The zero-order valence-corrected chi connectivity index (χ0v) is 8.73. The van der Waals surface area contributed by atoms with Crippen LogP contribution in [0.25, 0.3) is 0 Å². The van der Waals surface area contributed by atoms with E-state index >= 15 is 0 Å². The lowest BCUT2D eigenvalue weighted by molar-refractivity contribution is -0.139. The van der Waals surface area contributed by atoms with Gasteiger partial charge in [-0.05, 0) is 30.5 Å². The van der Waals surface area contributed by atoms with Crippen molar-refractivity contribution in [3.05, 3.63) is 29.3 Å². The Morgan fingerprint density at radius 3 is 2.94 bits per heavy atom. The van der Waals surface area contributed by atoms with E-state index in [-0.39, 0.29) is 12.4 Å². The van der Waals surface area contributed by atoms with Crippen LogP contribution in [0.3, 0.4) is 0 Å². The third kappa shape index (κ3) is 2.21. The van der Waals surface area contributed by atoms with Gasteiger partial charge in [-0.25, -0.2) is 4.79 Å². The molecule has 0 saturated heterocycles. The average molecular weight is 220 g/mol. The van der Waals surface area contributed by atoms with Gasteiger partial charge < -0.3 is 9.84 Å². The van der Waals surface area contributed by atoms with Gasteiger partial charge in [0.15, 0.2) is 12.4 Å². The molecule has 0 amide bonds. The monoisotopic (exact) mass is 220 g/mol. The number of Topliss-reactive ketones (excluding diaryl/α,β-unsaturated/α-hetero) is 1. The lowest BCUT2D eigenvalue weighted by atomic mass is 9.90. The molecule has 0 radical (unpaired) electrons. The fourth-order valence-electron chi connectivity index (χ4n) is 1.84. The lowest BCUT2D eigenvalue weighted by Gasteiger charge is -2.15. The number of fused-ring (bicyclic) bond motifs is 1. The molecule has 1 aromatic rings. The van der Waals surface area contributed by atoms with Gasteiger partial charge in [-0.2, -0.15) is 0 Å². The normalized spacial score (nSPS) is 14.4. The highest BCUT2D eigenvalue weighted by molar-refractivity contribution is 5.98. The maximum atomic E-state index is 11.6. The van der Waals surface area contributed by atoms with Crippen molar-refractivity contribution in [2.45, 2.75) is 19.3 Å². The molecule has 84 valence electrons. The SMILES string of the molecule is O=C(O)COc1ccc2c(c1)C(=O)CCC2. The van der Waals surface area contributed by atoms with E-state index in [2.05, 4.69) is 0 Å². The number of carboxylic acid groups (broad SMARTS) is 1. The molecule has 2 rings (SSSR count). The van der Waals surface area contributed by atoms with Crippen molar-refractivity contribution < 1.29 is 19.4 Å². The quantitative estimate of drug-likeness (QED) is 0.841. The van der Waals surface area contributed by atoms with E-state index in [1.807, 2.05) is 6.07 Å². The minimum absolute atomic E-state index is 0.113. The minimum atomic E-state index is -1.02. The van der Waals surface area contributed by atoms with Crippen LogP contribution >= 0.6 is 0 Å². The molecule has 1 aromatic carbocycles. The van der Waals surface area contributed by atoms with Gasteiger partial charge >= 0.3 is 5.97 Å². The predicted molar refractivity (Wildman–Crippen MR) is 56.8 cm³/mol. The Hall–Kier alpha value is -1.84. The molecule has 0 atom stereocenters. The van der Waals surface area contributed by atoms with Gasteiger partial charge in [-0.3, -0.25) is 4.79 Å². The van der Waals surface area contributed by atoms with Crippen molar-refractivity contribution in [2.24, 2.45) is 0 Å². The largest absolute Gasteiger partial charge is 0.482 e. The number of carboxylic acids is 1. The van der Waals surface area contributed by atoms with Crippen LogP contribution in [0.1, 0.15) is 28.8 Å². The number of carbonyl (C=O) groups is 2. The van der Waals surface area contributed by atoms with Crippen molar-refractivity contribution >= 4 is 11.8 Å². The van der Waals surface area contributed by atoms with Crippen LogP contribution in [-0.4, -0.2) is 23.5 Å². The predicted octanol–water partition coefficient (Wildman–Crippen LogP) is 1.67. The first-order valence-electron chi connectivity index (χ1n) is 5.17. The van der Waals surface area contributed by atoms with Crippen LogP contribution < -0.4 is 4.74 Å². The molecule has 16 heavy (non-hydrogen) atoms. The second-order valence-corrected chi connectivity index (χ2v) is 3.78. The Morgan fingerprint density at radius 1 is 1.38 bits per heavy atom. The van der Waals surface area contributed by atoms with Crippen LogP contribution in [0.4, 0.5) is 0 Å².